The maximum absolute atomic E-state index is 9.15. The van der Waals surface area contributed by atoms with Crippen LogP contribution < -0.4 is 5.32 Å². The fourth-order valence-corrected chi connectivity index (χ4v) is 3.28. The van der Waals surface area contributed by atoms with Crippen LogP contribution in [-0.2, 0) is 0 Å². The molecule has 2 aliphatic carbocycles. The summed E-state index contributed by atoms with van der Waals surface area (Å²) < 4.78 is 0. The van der Waals surface area contributed by atoms with Crippen molar-refractivity contribution in [1.29, 1.82) is 0 Å². The van der Waals surface area contributed by atoms with Gasteiger partial charge in [-0.25, -0.2) is 0 Å². The summed E-state index contributed by atoms with van der Waals surface area (Å²) >= 11 is 0. The zero-order valence-electron chi connectivity index (χ0n) is 10.1. The highest BCUT2D eigenvalue weighted by Crippen LogP contribution is 2.47. The highest BCUT2D eigenvalue weighted by Gasteiger charge is 2.39. The van der Waals surface area contributed by atoms with E-state index in [4.69, 9.17) is 5.11 Å². The van der Waals surface area contributed by atoms with Crippen molar-refractivity contribution in [2.45, 2.75) is 39.5 Å². The lowest BCUT2D eigenvalue weighted by atomic mass is 9.88. The molecule has 0 aromatic heterocycles. The Morgan fingerprint density at radius 3 is 2.60 bits per heavy atom. The molecule has 3 atom stereocenters. The van der Waals surface area contributed by atoms with Crippen LogP contribution in [0, 0.1) is 23.2 Å². The standard InChI is InChI=1S/C13H25NO/c1-13(2,9-15)8-14-7-12-6-10-3-4-11(12)5-10/h10-12,14-15H,3-9H2,1-2H3. The molecule has 2 rings (SSSR count). The number of nitrogens with one attached hydrogen (secondary N) is 1. The first-order valence-electron chi connectivity index (χ1n) is 6.42. The lowest BCUT2D eigenvalue weighted by Crippen LogP contribution is -2.36. The minimum absolute atomic E-state index is 0.0393. The van der Waals surface area contributed by atoms with Gasteiger partial charge >= 0.3 is 0 Å². The maximum Gasteiger partial charge on any atom is 0.0494 e. The largest absolute Gasteiger partial charge is 0.396 e. The summed E-state index contributed by atoms with van der Waals surface area (Å²) in [6, 6.07) is 0. The summed E-state index contributed by atoms with van der Waals surface area (Å²) in [5.41, 5.74) is 0.0393. The van der Waals surface area contributed by atoms with Gasteiger partial charge in [0, 0.05) is 18.6 Å². The normalized spacial score (nSPS) is 35.0. The molecule has 2 N–H and O–H groups in total. The Bertz CT molecular complexity index is 215. The lowest BCUT2D eigenvalue weighted by Gasteiger charge is -2.26. The second kappa shape index (κ2) is 4.42. The van der Waals surface area contributed by atoms with Crippen LogP contribution in [0.25, 0.3) is 0 Å². The van der Waals surface area contributed by atoms with Crippen LogP contribution in [0.2, 0.25) is 0 Å². The van der Waals surface area contributed by atoms with Crippen LogP contribution in [0.1, 0.15) is 39.5 Å². The third-order valence-corrected chi connectivity index (χ3v) is 4.32. The molecule has 0 aliphatic heterocycles. The highest BCUT2D eigenvalue weighted by atomic mass is 16.3. The molecule has 0 amide bonds. The van der Waals surface area contributed by atoms with Gasteiger partial charge in [-0.3, -0.25) is 0 Å². The van der Waals surface area contributed by atoms with Crippen molar-refractivity contribution in [2.24, 2.45) is 23.2 Å². The number of rotatable bonds is 5. The van der Waals surface area contributed by atoms with Crippen molar-refractivity contribution in [2.75, 3.05) is 19.7 Å². The molecule has 0 radical (unpaired) electrons. The third-order valence-electron chi connectivity index (χ3n) is 4.32. The summed E-state index contributed by atoms with van der Waals surface area (Å²) in [6.07, 6.45) is 5.91. The molecular formula is C13H25NO. The Kier molecular flexibility index (Phi) is 3.36. The van der Waals surface area contributed by atoms with Crippen molar-refractivity contribution < 1.29 is 5.11 Å². The van der Waals surface area contributed by atoms with E-state index in [0.29, 0.717) is 0 Å². The smallest absolute Gasteiger partial charge is 0.0494 e. The molecule has 15 heavy (non-hydrogen) atoms. The Labute approximate surface area is 93.5 Å². The first-order valence-corrected chi connectivity index (χ1v) is 6.42. The van der Waals surface area contributed by atoms with Crippen LogP contribution >= 0.6 is 0 Å². The fourth-order valence-electron chi connectivity index (χ4n) is 3.28. The lowest BCUT2D eigenvalue weighted by molar-refractivity contribution is 0.153. The van der Waals surface area contributed by atoms with Gasteiger partial charge in [-0.1, -0.05) is 20.3 Å². The Balaban J connectivity index is 1.67. The number of hydrogen-bond donors (Lipinski definition) is 2. The molecule has 2 heteroatoms. The average Bonchev–Trinajstić information content (AvgIpc) is 2.79. The van der Waals surface area contributed by atoms with E-state index >= 15 is 0 Å². The molecule has 88 valence electrons. The first-order chi connectivity index (χ1) is 7.11. The Morgan fingerprint density at radius 2 is 2.07 bits per heavy atom. The van der Waals surface area contributed by atoms with Gasteiger partial charge in [0.15, 0.2) is 0 Å². The van der Waals surface area contributed by atoms with E-state index in [0.717, 1.165) is 24.3 Å². The molecule has 2 bridgehead atoms. The van der Waals surface area contributed by atoms with E-state index in [2.05, 4.69) is 19.2 Å². The van der Waals surface area contributed by atoms with Gasteiger partial charge in [0.25, 0.3) is 0 Å². The Hall–Kier alpha value is -0.0800. The molecule has 2 fully saturated rings. The van der Waals surface area contributed by atoms with E-state index in [1.54, 1.807) is 0 Å². The summed E-state index contributed by atoms with van der Waals surface area (Å²) in [4.78, 5) is 0. The summed E-state index contributed by atoms with van der Waals surface area (Å²) in [5.74, 6) is 2.99. The van der Waals surface area contributed by atoms with Crippen LogP contribution in [0.5, 0.6) is 0 Å². The molecule has 0 spiro atoms. The second-order valence-electron chi connectivity index (χ2n) is 6.39. The van der Waals surface area contributed by atoms with Crippen LogP contribution in [0.15, 0.2) is 0 Å². The van der Waals surface area contributed by atoms with Gasteiger partial charge in [-0.05, 0) is 43.6 Å². The van der Waals surface area contributed by atoms with Crippen molar-refractivity contribution in [1.82, 2.24) is 5.32 Å². The maximum atomic E-state index is 9.15. The molecule has 2 saturated carbocycles. The minimum atomic E-state index is 0.0393. The van der Waals surface area contributed by atoms with Gasteiger partial charge in [0.1, 0.15) is 0 Å². The molecular weight excluding hydrogens is 186 g/mol. The number of hydrogen-bond acceptors (Lipinski definition) is 2. The monoisotopic (exact) mass is 211 g/mol. The van der Waals surface area contributed by atoms with Crippen molar-refractivity contribution >= 4 is 0 Å². The van der Waals surface area contributed by atoms with Gasteiger partial charge < -0.3 is 10.4 Å². The third kappa shape index (κ3) is 2.73. The summed E-state index contributed by atoms with van der Waals surface area (Å²) in [7, 11) is 0. The number of aliphatic hydroxyl groups is 1. The molecule has 0 aromatic carbocycles. The quantitative estimate of drug-likeness (QED) is 0.729. The Morgan fingerprint density at radius 1 is 1.27 bits per heavy atom. The molecule has 2 nitrogen and oxygen atoms in total. The molecule has 0 saturated heterocycles. The highest BCUT2D eigenvalue weighted by molar-refractivity contribution is 4.91. The van der Waals surface area contributed by atoms with E-state index in [9.17, 15) is 0 Å². The average molecular weight is 211 g/mol. The molecule has 3 unspecified atom stereocenters. The van der Waals surface area contributed by atoms with Gasteiger partial charge in [-0.2, -0.15) is 0 Å². The van der Waals surface area contributed by atoms with Crippen molar-refractivity contribution in [3.05, 3.63) is 0 Å². The first kappa shape index (κ1) is 11.4. The topological polar surface area (TPSA) is 32.3 Å². The molecule has 2 aliphatic rings. The van der Waals surface area contributed by atoms with Crippen molar-refractivity contribution in [3.63, 3.8) is 0 Å². The minimum Gasteiger partial charge on any atom is -0.396 e. The summed E-state index contributed by atoms with van der Waals surface area (Å²) in [5, 5.41) is 12.7. The van der Waals surface area contributed by atoms with Gasteiger partial charge in [-0.15, -0.1) is 0 Å². The van der Waals surface area contributed by atoms with E-state index in [1.165, 1.54) is 32.2 Å². The zero-order chi connectivity index (χ0) is 10.9. The summed E-state index contributed by atoms with van der Waals surface area (Å²) in [6.45, 7) is 6.61. The van der Waals surface area contributed by atoms with Gasteiger partial charge in [0.2, 0.25) is 0 Å². The van der Waals surface area contributed by atoms with Crippen LogP contribution in [0.4, 0.5) is 0 Å². The second-order valence-corrected chi connectivity index (χ2v) is 6.39. The zero-order valence-corrected chi connectivity index (χ0v) is 10.1. The van der Waals surface area contributed by atoms with E-state index in [1.807, 2.05) is 0 Å². The predicted octanol–water partition coefficient (Wildman–Crippen LogP) is 2.03. The number of fused-ring (bicyclic) bond motifs is 2. The fraction of sp³-hybridized carbons (Fsp3) is 1.00. The molecule has 0 aromatic rings. The number of aliphatic hydroxyl groups excluding tert-OH is 1. The van der Waals surface area contributed by atoms with Gasteiger partial charge in [0.05, 0.1) is 0 Å². The van der Waals surface area contributed by atoms with Crippen LogP contribution in [0.3, 0.4) is 0 Å². The van der Waals surface area contributed by atoms with Crippen LogP contribution in [-0.4, -0.2) is 24.8 Å². The van der Waals surface area contributed by atoms with E-state index in [-0.39, 0.29) is 12.0 Å². The van der Waals surface area contributed by atoms with Crippen molar-refractivity contribution in [3.8, 4) is 0 Å². The SMILES string of the molecule is CC(C)(CO)CNCC1CC2CCC1C2. The predicted molar refractivity (Wildman–Crippen MR) is 62.7 cm³/mol. The molecule has 0 heterocycles. The van der Waals surface area contributed by atoms with E-state index < -0.39 is 0 Å².